The fourth-order valence-corrected chi connectivity index (χ4v) is 1.66. The molecule has 2 N–H and O–H groups in total. The van der Waals surface area contributed by atoms with Crippen molar-refractivity contribution in [2.24, 2.45) is 5.92 Å². The Hall–Kier alpha value is -1.51. The van der Waals surface area contributed by atoms with Crippen LogP contribution in [0.25, 0.3) is 0 Å². The standard InChI is InChI=1S/C15H24N2O/c1-5-13-7-6-12(4)14(10-13)17-15(18)16-9-8-11(2)3/h6-7,10-11H,5,8-9H2,1-4H3,(H2,16,17,18). The second-order valence-electron chi connectivity index (χ2n) is 5.07. The van der Waals surface area contributed by atoms with Gasteiger partial charge in [-0.25, -0.2) is 4.79 Å². The Balaban J connectivity index is 2.53. The highest BCUT2D eigenvalue weighted by atomic mass is 16.2. The van der Waals surface area contributed by atoms with Gasteiger partial charge in [-0.3, -0.25) is 0 Å². The van der Waals surface area contributed by atoms with Crippen LogP contribution in [0.3, 0.4) is 0 Å². The monoisotopic (exact) mass is 248 g/mol. The molecule has 2 amide bonds. The summed E-state index contributed by atoms with van der Waals surface area (Å²) >= 11 is 0. The molecule has 1 rings (SSSR count). The van der Waals surface area contributed by atoms with Crippen molar-refractivity contribution >= 4 is 11.7 Å². The highest BCUT2D eigenvalue weighted by Crippen LogP contribution is 2.17. The molecule has 0 unspecified atom stereocenters. The SMILES string of the molecule is CCc1ccc(C)c(NC(=O)NCCC(C)C)c1. The van der Waals surface area contributed by atoms with E-state index in [1.54, 1.807) is 0 Å². The smallest absolute Gasteiger partial charge is 0.319 e. The van der Waals surface area contributed by atoms with Gasteiger partial charge in [-0.1, -0.05) is 32.9 Å². The summed E-state index contributed by atoms with van der Waals surface area (Å²) in [6.07, 6.45) is 1.98. The van der Waals surface area contributed by atoms with Gasteiger partial charge in [0.15, 0.2) is 0 Å². The van der Waals surface area contributed by atoms with Gasteiger partial charge in [0.2, 0.25) is 0 Å². The normalized spacial score (nSPS) is 10.5. The zero-order valence-corrected chi connectivity index (χ0v) is 11.8. The van der Waals surface area contributed by atoms with E-state index in [2.05, 4.69) is 37.5 Å². The summed E-state index contributed by atoms with van der Waals surface area (Å²) in [6, 6.07) is 6.06. The van der Waals surface area contributed by atoms with E-state index in [1.165, 1.54) is 5.56 Å². The molecule has 0 saturated heterocycles. The molecule has 100 valence electrons. The van der Waals surface area contributed by atoms with Crippen molar-refractivity contribution in [2.45, 2.75) is 40.5 Å². The Morgan fingerprint density at radius 2 is 2.06 bits per heavy atom. The van der Waals surface area contributed by atoms with Crippen molar-refractivity contribution in [2.75, 3.05) is 11.9 Å². The van der Waals surface area contributed by atoms with E-state index in [-0.39, 0.29) is 6.03 Å². The summed E-state index contributed by atoms with van der Waals surface area (Å²) in [6.45, 7) is 9.12. The maximum atomic E-state index is 11.7. The zero-order chi connectivity index (χ0) is 13.5. The number of aryl methyl sites for hydroxylation is 2. The Morgan fingerprint density at radius 3 is 2.67 bits per heavy atom. The molecule has 0 aliphatic heterocycles. The Labute approximate surface area is 110 Å². The van der Waals surface area contributed by atoms with Crippen molar-refractivity contribution in [3.63, 3.8) is 0 Å². The predicted octanol–water partition coefficient (Wildman–Crippen LogP) is 3.73. The molecule has 3 heteroatoms. The van der Waals surface area contributed by atoms with Crippen LogP contribution in [0.4, 0.5) is 10.5 Å². The molecule has 0 atom stereocenters. The van der Waals surface area contributed by atoms with Crippen molar-refractivity contribution in [1.29, 1.82) is 0 Å². The van der Waals surface area contributed by atoms with E-state index in [0.717, 1.165) is 30.6 Å². The van der Waals surface area contributed by atoms with E-state index >= 15 is 0 Å². The molecule has 0 heterocycles. The average Bonchev–Trinajstić information content (AvgIpc) is 2.31. The number of hydrogen-bond donors (Lipinski definition) is 2. The van der Waals surface area contributed by atoms with Crippen molar-refractivity contribution in [3.05, 3.63) is 29.3 Å². The van der Waals surface area contributed by atoms with E-state index in [1.807, 2.05) is 19.1 Å². The molecule has 0 spiro atoms. The third kappa shape index (κ3) is 4.78. The maximum Gasteiger partial charge on any atom is 0.319 e. The summed E-state index contributed by atoms with van der Waals surface area (Å²) < 4.78 is 0. The number of urea groups is 1. The van der Waals surface area contributed by atoms with Gasteiger partial charge in [0.25, 0.3) is 0 Å². The van der Waals surface area contributed by atoms with Crippen molar-refractivity contribution in [3.8, 4) is 0 Å². The highest BCUT2D eigenvalue weighted by molar-refractivity contribution is 5.90. The number of hydrogen-bond acceptors (Lipinski definition) is 1. The van der Waals surface area contributed by atoms with Crippen LogP contribution in [-0.2, 0) is 6.42 Å². The number of rotatable bonds is 5. The zero-order valence-electron chi connectivity index (χ0n) is 11.8. The van der Waals surface area contributed by atoms with Gasteiger partial charge in [-0.2, -0.15) is 0 Å². The van der Waals surface area contributed by atoms with Gasteiger partial charge < -0.3 is 10.6 Å². The molecule has 0 bridgehead atoms. The van der Waals surface area contributed by atoms with Gasteiger partial charge in [0.05, 0.1) is 0 Å². The third-order valence-electron chi connectivity index (χ3n) is 2.97. The summed E-state index contributed by atoms with van der Waals surface area (Å²) in [5, 5.41) is 5.79. The minimum absolute atomic E-state index is 0.119. The average molecular weight is 248 g/mol. The molecule has 1 aromatic rings. The fraction of sp³-hybridized carbons (Fsp3) is 0.533. The van der Waals surface area contributed by atoms with Gasteiger partial charge >= 0.3 is 6.03 Å². The van der Waals surface area contributed by atoms with Crippen LogP contribution < -0.4 is 10.6 Å². The number of benzene rings is 1. The minimum Gasteiger partial charge on any atom is -0.338 e. The number of anilines is 1. The Morgan fingerprint density at radius 1 is 1.33 bits per heavy atom. The van der Waals surface area contributed by atoms with Crippen LogP contribution in [0.2, 0.25) is 0 Å². The van der Waals surface area contributed by atoms with E-state index < -0.39 is 0 Å². The van der Waals surface area contributed by atoms with Crippen LogP contribution in [-0.4, -0.2) is 12.6 Å². The first-order valence-electron chi connectivity index (χ1n) is 6.67. The lowest BCUT2D eigenvalue weighted by atomic mass is 10.1. The summed E-state index contributed by atoms with van der Waals surface area (Å²) in [7, 11) is 0. The van der Waals surface area contributed by atoms with Crippen LogP contribution in [0.15, 0.2) is 18.2 Å². The molecular weight excluding hydrogens is 224 g/mol. The molecule has 1 aromatic carbocycles. The first-order valence-corrected chi connectivity index (χ1v) is 6.67. The van der Waals surface area contributed by atoms with Gasteiger partial charge in [-0.05, 0) is 42.9 Å². The van der Waals surface area contributed by atoms with Crippen LogP contribution in [0, 0.1) is 12.8 Å². The lowest BCUT2D eigenvalue weighted by molar-refractivity contribution is 0.251. The van der Waals surface area contributed by atoms with Crippen LogP contribution in [0.5, 0.6) is 0 Å². The number of nitrogens with one attached hydrogen (secondary N) is 2. The predicted molar refractivity (Wildman–Crippen MR) is 77.0 cm³/mol. The molecular formula is C15H24N2O. The summed E-state index contributed by atoms with van der Waals surface area (Å²) in [5.74, 6) is 0.607. The van der Waals surface area contributed by atoms with Crippen LogP contribution >= 0.6 is 0 Å². The lowest BCUT2D eigenvalue weighted by Crippen LogP contribution is -2.30. The van der Waals surface area contributed by atoms with Gasteiger partial charge in [0.1, 0.15) is 0 Å². The summed E-state index contributed by atoms with van der Waals surface area (Å²) in [5.41, 5.74) is 3.22. The highest BCUT2D eigenvalue weighted by Gasteiger charge is 2.05. The molecule has 3 nitrogen and oxygen atoms in total. The Kier molecular flexibility index (Phi) is 5.69. The second-order valence-corrected chi connectivity index (χ2v) is 5.07. The number of amides is 2. The molecule has 0 aliphatic carbocycles. The van der Waals surface area contributed by atoms with Gasteiger partial charge in [0, 0.05) is 12.2 Å². The van der Waals surface area contributed by atoms with E-state index in [0.29, 0.717) is 5.92 Å². The number of carbonyl (C=O) groups is 1. The van der Waals surface area contributed by atoms with Crippen molar-refractivity contribution < 1.29 is 4.79 Å². The maximum absolute atomic E-state index is 11.7. The first kappa shape index (κ1) is 14.6. The molecule has 0 saturated carbocycles. The summed E-state index contributed by atoms with van der Waals surface area (Å²) in [4.78, 5) is 11.7. The molecule has 18 heavy (non-hydrogen) atoms. The van der Waals surface area contributed by atoms with Crippen LogP contribution in [0.1, 0.15) is 38.3 Å². The third-order valence-corrected chi connectivity index (χ3v) is 2.97. The molecule has 0 aromatic heterocycles. The van der Waals surface area contributed by atoms with Crippen molar-refractivity contribution in [1.82, 2.24) is 5.32 Å². The fourth-order valence-electron chi connectivity index (χ4n) is 1.66. The molecule has 0 aliphatic rings. The number of carbonyl (C=O) groups excluding carboxylic acids is 1. The topological polar surface area (TPSA) is 41.1 Å². The molecule has 0 radical (unpaired) electrons. The lowest BCUT2D eigenvalue weighted by Gasteiger charge is -2.12. The van der Waals surface area contributed by atoms with Gasteiger partial charge in [-0.15, -0.1) is 0 Å². The van der Waals surface area contributed by atoms with E-state index in [4.69, 9.17) is 0 Å². The largest absolute Gasteiger partial charge is 0.338 e. The molecule has 0 fully saturated rings. The first-order chi connectivity index (χ1) is 8.52. The quantitative estimate of drug-likeness (QED) is 0.819. The minimum atomic E-state index is -0.119. The van der Waals surface area contributed by atoms with E-state index in [9.17, 15) is 4.79 Å². The Bertz CT molecular complexity index is 399. The second kappa shape index (κ2) is 7.04.